The van der Waals surface area contributed by atoms with Gasteiger partial charge in [0.2, 0.25) is 10.0 Å². The fraction of sp³-hybridized carbons (Fsp3) is 0.385. The van der Waals surface area contributed by atoms with Gasteiger partial charge in [0.25, 0.3) is 0 Å². The molecule has 21 heavy (non-hydrogen) atoms. The molecule has 2 aromatic rings. The van der Waals surface area contributed by atoms with Crippen molar-refractivity contribution in [1.82, 2.24) is 10.0 Å². The van der Waals surface area contributed by atoms with Crippen LogP contribution in [0.1, 0.15) is 23.8 Å². The van der Waals surface area contributed by atoms with Gasteiger partial charge >= 0.3 is 0 Å². The predicted molar refractivity (Wildman–Crippen MR) is 92.4 cm³/mol. The van der Waals surface area contributed by atoms with Gasteiger partial charge in [-0.2, -0.15) is 11.3 Å². The third-order valence-corrected chi connectivity index (χ3v) is 7.15. The van der Waals surface area contributed by atoms with E-state index < -0.39 is 10.0 Å². The number of nitrogens with one attached hydrogen (secondary N) is 2. The lowest BCUT2D eigenvalue weighted by Crippen LogP contribution is -2.22. The molecule has 8 heteroatoms. The van der Waals surface area contributed by atoms with Crippen molar-refractivity contribution in [3.8, 4) is 0 Å². The van der Waals surface area contributed by atoms with Gasteiger partial charge in [0.1, 0.15) is 4.90 Å². The maximum Gasteiger partial charge on any atom is 0.242 e. The van der Waals surface area contributed by atoms with Crippen LogP contribution < -0.4 is 10.0 Å². The lowest BCUT2D eigenvalue weighted by atomic mass is 10.4. The maximum atomic E-state index is 12.3. The van der Waals surface area contributed by atoms with Crippen LogP contribution in [0.25, 0.3) is 0 Å². The van der Waals surface area contributed by atoms with Crippen molar-refractivity contribution in [2.75, 3.05) is 6.54 Å². The van der Waals surface area contributed by atoms with Crippen LogP contribution in [0.3, 0.4) is 0 Å². The van der Waals surface area contributed by atoms with Crippen molar-refractivity contribution < 1.29 is 8.42 Å². The van der Waals surface area contributed by atoms with Gasteiger partial charge in [-0.05, 0) is 57.4 Å². The zero-order valence-corrected chi connectivity index (χ0v) is 15.6. The van der Waals surface area contributed by atoms with E-state index in [9.17, 15) is 8.42 Å². The first-order chi connectivity index (χ1) is 10.0. The second kappa shape index (κ2) is 7.85. The Morgan fingerprint density at radius 2 is 2.14 bits per heavy atom. The van der Waals surface area contributed by atoms with E-state index in [1.165, 1.54) is 11.3 Å². The van der Waals surface area contributed by atoms with E-state index in [4.69, 9.17) is 0 Å². The van der Waals surface area contributed by atoms with E-state index in [1.54, 1.807) is 17.4 Å². The Hall–Kier alpha value is -0.250. The van der Waals surface area contributed by atoms with E-state index in [0.717, 1.165) is 23.4 Å². The fourth-order valence-electron chi connectivity index (χ4n) is 1.71. The molecule has 116 valence electrons. The van der Waals surface area contributed by atoms with Crippen molar-refractivity contribution in [3.05, 3.63) is 37.1 Å². The van der Waals surface area contributed by atoms with Crippen LogP contribution in [0.5, 0.6) is 0 Å². The van der Waals surface area contributed by atoms with Gasteiger partial charge in [-0.15, -0.1) is 11.3 Å². The molecule has 0 atom stereocenters. The standard InChI is InChI=1S/C13H17BrN2O2S3/c1-2-4-15-8-11-6-12(13(14)20-11)21(17,18)16-7-10-3-5-19-9-10/h3,5-6,9,15-16H,2,4,7-8H2,1H3. The Morgan fingerprint density at radius 1 is 1.33 bits per heavy atom. The first-order valence-electron chi connectivity index (χ1n) is 6.52. The molecule has 2 rings (SSSR count). The van der Waals surface area contributed by atoms with Crippen molar-refractivity contribution in [2.45, 2.75) is 31.3 Å². The highest BCUT2D eigenvalue weighted by molar-refractivity contribution is 9.11. The molecule has 0 unspecified atom stereocenters. The molecule has 0 aliphatic carbocycles. The zero-order valence-electron chi connectivity index (χ0n) is 11.6. The molecule has 2 heterocycles. The number of thiophene rings is 2. The van der Waals surface area contributed by atoms with E-state index in [-0.39, 0.29) is 0 Å². The Bertz CT molecular complexity index is 666. The SMILES string of the molecule is CCCNCc1cc(S(=O)(=O)NCc2ccsc2)c(Br)s1. The minimum absolute atomic E-state index is 0.316. The van der Waals surface area contributed by atoms with Crippen LogP contribution in [-0.4, -0.2) is 15.0 Å². The number of sulfonamides is 1. The predicted octanol–water partition coefficient (Wildman–Crippen LogP) is 3.55. The minimum atomic E-state index is -3.49. The third kappa shape index (κ3) is 4.87. The summed E-state index contributed by atoms with van der Waals surface area (Å²) in [7, 11) is -3.49. The monoisotopic (exact) mass is 408 g/mol. The molecule has 0 fully saturated rings. The van der Waals surface area contributed by atoms with Crippen LogP contribution >= 0.6 is 38.6 Å². The smallest absolute Gasteiger partial charge is 0.242 e. The summed E-state index contributed by atoms with van der Waals surface area (Å²) in [5.41, 5.74) is 0.972. The van der Waals surface area contributed by atoms with Gasteiger partial charge in [0.05, 0.1) is 3.79 Å². The van der Waals surface area contributed by atoms with Crippen LogP contribution in [-0.2, 0) is 23.1 Å². The molecule has 0 aliphatic rings. The molecule has 2 aromatic heterocycles. The first-order valence-corrected chi connectivity index (χ1v) is 10.6. The molecular weight excluding hydrogens is 392 g/mol. The van der Waals surface area contributed by atoms with Crippen molar-refractivity contribution in [3.63, 3.8) is 0 Å². The number of rotatable bonds is 8. The van der Waals surface area contributed by atoms with E-state index >= 15 is 0 Å². The molecule has 0 aliphatic heterocycles. The summed E-state index contributed by atoms with van der Waals surface area (Å²) in [4.78, 5) is 1.32. The zero-order chi connectivity index (χ0) is 15.3. The third-order valence-electron chi connectivity index (χ3n) is 2.77. The summed E-state index contributed by atoms with van der Waals surface area (Å²) in [5.74, 6) is 0. The van der Waals surface area contributed by atoms with Gasteiger partial charge in [-0.3, -0.25) is 0 Å². The van der Waals surface area contributed by atoms with Crippen molar-refractivity contribution in [1.29, 1.82) is 0 Å². The number of halogens is 1. The molecule has 0 amide bonds. The summed E-state index contributed by atoms with van der Waals surface area (Å²) >= 11 is 6.36. The Labute approximate surface area is 141 Å². The van der Waals surface area contributed by atoms with Gasteiger partial charge in [0, 0.05) is 18.0 Å². The first kappa shape index (κ1) is 17.1. The fourth-order valence-corrected chi connectivity index (χ4v) is 6.04. The average molecular weight is 409 g/mol. The molecule has 0 bridgehead atoms. The molecule has 2 N–H and O–H groups in total. The lowest BCUT2D eigenvalue weighted by Gasteiger charge is -2.04. The highest BCUT2D eigenvalue weighted by Crippen LogP contribution is 2.31. The van der Waals surface area contributed by atoms with Crippen LogP contribution in [0.4, 0.5) is 0 Å². The summed E-state index contributed by atoms with van der Waals surface area (Å²) in [6, 6.07) is 3.64. The molecule has 4 nitrogen and oxygen atoms in total. The Kier molecular flexibility index (Phi) is 6.39. The van der Waals surface area contributed by atoms with Gasteiger partial charge in [-0.1, -0.05) is 6.92 Å². The quantitative estimate of drug-likeness (QED) is 0.656. The largest absolute Gasteiger partial charge is 0.312 e. The Balaban J connectivity index is 2.05. The van der Waals surface area contributed by atoms with E-state index in [2.05, 4.69) is 32.9 Å². The average Bonchev–Trinajstić information content (AvgIpc) is 3.07. The van der Waals surface area contributed by atoms with Crippen molar-refractivity contribution in [2.24, 2.45) is 0 Å². The normalized spacial score (nSPS) is 11.9. The number of hydrogen-bond donors (Lipinski definition) is 2. The second-order valence-corrected chi connectivity index (χ2v) is 9.45. The molecular formula is C13H17BrN2O2S3. The molecule has 0 radical (unpaired) electrons. The second-order valence-electron chi connectivity index (χ2n) is 4.48. The van der Waals surface area contributed by atoms with Gasteiger partial charge in [0.15, 0.2) is 0 Å². The van der Waals surface area contributed by atoms with E-state index in [1.807, 2.05) is 16.8 Å². The summed E-state index contributed by atoms with van der Waals surface area (Å²) in [6.45, 7) is 4.03. The number of hydrogen-bond acceptors (Lipinski definition) is 5. The maximum absolute atomic E-state index is 12.3. The molecule has 0 saturated carbocycles. The summed E-state index contributed by atoms with van der Waals surface area (Å²) < 4.78 is 28.0. The highest BCUT2D eigenvalue weighted by atomic mass is 79.9. The molecule has 0 aromatic carbocycles. The van der Waals surface area contributed by atoms with Crippen LogP contribution in [0.15, 0.2) is 31.6 Å². The minimum Gasteiger partial charge on any atom is -0.312 e. The topological polar surface area (TPSA) is 58.2 Å². The molecule has 0 spiro atoms. The van der Waals surface area contributed by atoms with Gasteiger partial charge in [-0.25, -0.2) is 13.1 Å². The van der Waals surface area contributed by atoms with Crippen LogP contribution in [0.2, 0.25) is 0 Å². The van der Waals surface area contributed by atoms with Crippen molar-refractivity contribution >= 4 is 48.6 Å². The summed E-state index contributed by atoms with van der Waals surface area (Å²) in [6.07, 6.45) is 1.06. The highest BCUT2D eigenvalue weighted by Gasteiger charge is 2.20. The van der Waals surface area contributed by atoms with Gasteiger partial charge < -0.3 is 5.32 Å². The van der Waals surface area contributed by atoms with Crippen LogP contribution in [0, 0.1) is 0 Å². The molecule has 0 saturated heterocycles. The van der Waals surface area contributed by atoms with E-state index in [0.29, 0.717) is 21.8 Å². The summed E-state index contributed by atoms with van der Waals surface area (Å²) in [5, 5.41) is 7.14. The lowest BCUT2D eigenvalue weighted by molar-refractivity contribution is 0.581. The Morgan fingerprint density at radius 3 is 2.81 bits per heavy atom.